The van der Waals surface area contributed by atoms with Gasteiger partial charge in [-0.1, -0.05) is 29.8 Å². The molecule has 3 N–H and O–H groups in total. The molecule has 0 aliphatic heterocycles. The minimum Gasteiger partial charge on any atom is -0.332 e. The van der Waals surface area contributed by atoms with Gasteiger partial charge in [0.15, 0.2) is 6.54 Å². The molecule has 132 valence electrons. The molecule has 1 amide bonds. The molecule has 0 aliphatic rings. The maximum absolute atomic E-state index is 12.2. The van der Waals surface area contributed by atoms with Crippen LogP contribution in [-0.2, 0) is 4.79 Å². The van der Waals surface area contributed by atoms with Gasteiger partial charge < -0.3 is 10.6 Å². The first-order valence-corrected chi connectivity index (χ1v) is 8.30. The molecular weight excluding hydrogens is 342 g/mol. The number of nitrogens with two attached hydrogens (primary N) is 1. The van der Waals surface area contributed by atoms with Gasteiger partial charge in [-0.25, -0.2) is 0 Å². The first-order valence-electron chi connectivity index (χ1n) is 7.93. The first kappa shape index (κ1) is 18.9. The molecule has 0 radical (unpaired) electrons. The van der Waals surface area contributed by atoms with E-state index in [-0.39, 0.29) is 29.9 Å². The Balaban J connectivity index is 2.05. The fourth-order valence-electron chi connectivity index (χ4n) is 2.51. The molecule has 6 nitrogen and oxygen atoms in total. The van der Waals surface area contributed by atoms with Crippen molar-refractivity contribution in [3.8, 4) is 0 Å². The molecule has 7 heteroatoms. The number of hydrogen-bond donors (Lipinski definition) is 2. The number of rotatable bonds is 6. The van der Waals surface area contributed by atoms with E-state index in [1.807, 2.05) is 37.4 Å². The Labute approximate surface area is 151 Å². The van der Waals surface area contributed by atoms with Crippen LogP contribution in [0.4, 0.5) is 11.4 Å². The predicted octanol–water partition coefficient (Wildman–Crippen LogP) is 3.13. The second-order valence-corrected chi connectivity index (χ2v) is 6.42. The number of benzene rings is 2. The summed E-state index contributed by atoms with van der Waals surface area (Å²) in [4.78, 5) is 22.9. The van der Waals surface area contributed by atoms with Gasteiger partial charge in [0, 0.05) is 16.7 Å². The number of carbonyl (C=O) groups is 1. The van der Waals surface area contributed by atoms with Gasteiger partial charge in [-0.15, -0.1) is 0 Å². The van der Waals surface area contributed by atoms with Gasteiger partial charge in [0.05, 0.1) is 4.92 Å². The van der Waals surface area contributed by atoms with E-state index in [1.165, 1.54) is 6.07 Å². The highest BCUT2D eigenvalue weighted by molar-refractivity contribution is 6.31. The van der Waals surface area contributed by atoms with E-state index in [0.29, 0.717) is 5.02 Å². The maximum atomic E-state index is 12.2. The quantitative estimate of drug-likeness (QED) is 0.611. The molecule has 0 fully saturated rings. The van der Waals surface area contributed by atoms with E-state index in [2.05, 4.69) is 5.32 Å². The molecule has 0 saturated heterocycles. The second-order valence-electron chi connectivity index (χ2n) is 6.01. The summed E-state index contributed by atoms with van der Waals surface area (Å²) in [6.07, 6.45) is 0. The Morgan fingerprint density at radius 2 is 1.92 bits per heavy atom. The number of nitrogens with one attached hydrogen (secondary N) is 1. The summed E-state index contributed by atoms with van der Waals surface area (Å²) >= 11 is 6.16. The van der Waals surface area contributed by atoms with Crippen LogP contribution in [0.1, 0.15) is 29.7 Å². The van der Waals surface area contributed by atoms with Gasteiger partial charge in [0.1, 0.15) is 11.7 Å². The number of hydrogen-bond acceptors (Lipinski definition) is 3. The van der Waals surface area contributed by atoms with Crippen molar-refractivity contribution < 1.29 is 15.0 Å². The zero-order chi connectivity index (χ0) is 18.6. The van der Waals surface area contributed by atoms with Crippen LogP contribution in [-0.4, -0.2) is 17.4 Å². The van der Waals surface area contributed by atoms with Crippen molar-refractivity contribution >= 4 is 28.9 Å². The number of nitro groups is 1. The van der Waals surface area contributed by atoms with Crippen LogP contribution in [0.3, 0.4) is 0 Å². The largest absolute Gasteiger partial charge is 0.332 e. The predicted molar refractivity (Wildman–Crippen MR) is 97.9 cm³/mol. The summed E-state index contributed by atoms with van der Waals surface area (Å²) in [5.41, 5.74) is 2.75. The molecule has 0 spiro atoms. The van der Waals surface area contributed by atoms with Gasteiger partial charge in [-0.05, 0) is 44.0 Å². The average Bonchev–Trinajstić information content (AvgIpc) is 2.56. The Bertz CT molecular complexity index is 808. The first-order chi connectivity index (χ1) is 11.8. The second kappa shape index (κ2) is 8.09. The van der Waals surface area contributed by atoms with Crippen molar-refractivity contribution in [2.45, 2.75) is 26.8 Å². The topological polar surface area (TPSA) is 88.8 Å². The maximum Gasteiger partial charge on any atom is 0.293 e. The van der Waals surface area contributed by atoms with Crippen molar-refractivity contribution in [3.05, 3.63) is 68.2 Å². The van der Waals surface area contributed by atoms with Gasteiger partial charge in [-0.3, -0.25) is 14.9 Å². The average molecular weight is 363 g/mol. The van der Waals surface area contributed by atoms with Gasteiger partial charge >= 0.3 is 0 Å². The summed E-state index contributed by atoms with van der Waals surface area (Å²) in [5, 5.41) is 16.3. The number of nitro benzene ring substituents is 1. The molecule has 2 aromatic carbocycles. The number of amides is 1. The van der Waals surface area contributed by atoms with Gasteiger partial charge in [0.2, 0.25) is 0 Å². The van der Waals surface area contributed by atoms with E-state index in [1.54, 1.807) is 19.1 Å². The SMILES string of the molecule is Cc1cc(NC(=O)C[NH2+][C@@H](C)c2ccccc2Cl)c([N+](=O)[O-])cc1C. The van der Waals surface area contributed by atoms with Crippen LogP contribution in [0, 0.1) is 24.0 Å². The van der Waals surface area contributed by atoms with Crippen LogP contribution < -0.4 is 10.6 Å². The zero-order valence-corrected chi connectivity index (χ0v) is 15.1. The van der Waals surface area contributed by atoms with E-state index in [0.717, 1.165) is 16.7 Å². The summed E-state index contributed by atoms with van der Waals surface area (Å²) in [6.45, 7) is 5.73. The number of nitrogens with zero attached hydrogens (tertiary/aromatic N) is 1. The molecular formula is C18H21ClN3O3+. The molecule has 0 saturated carbocycles. The minimum absolute atomic E-state index is 0.00538. The molecule has 25 heavy (non-hydrogen) atoms. The normalized spacial score (nSPS) is 11.8. The molecule has 2 aromatic rings. The fraction of sp³-hybridized carbons (Fsp3) is 0.278. The Morgan fingerprint density at radius 1 is 1.28 bits per heavy atom. The molecule has 1 atom stereocenters. The summed E-state index contributed by atoms with van der Waals surface area (Å²) in [5.74, 6) is -0.301. The van der Waals surface area contributed by atoms with Crippen LogP contribution in [0.2, 0.25) is 5.02 Å². The smallest absolute Gasteiger partial charge is 0.293 e. The van der Waals surface area contributed by atoms with E-state index >= 15 is 0 Å². The minimum atomic E-state index is -0.488. The lowest BCUT2D eigenvalue weighted by Gasteiger charge is -2.13. The van der Waals surface area contributed by atoms with E-state index in [9.17, 15) is 14.9 Å². The van der Waals surface area contributed by atoms with Gasteiger partial charge in [-0.2, -0.15) is 0 Å². The standard InChI is InChI=1S/C18H20ClN3O3/c1-11-8-16(17(22(24)25)9-12(11)2)21-18(23)10-20-13(3)14-6-4-5-7-15(14)19/h4-9,13,20H,10H2,1-3H3,(H,21,23)/p+1/t13-/m0/s1. The number of anilines is 1. The fourth-order valence-corrected chi connectivity index (χ4v) is 2.82. The Hall–Kier alpha value is -2.44. The van der Waals surface area contributed by atoms with E-state index < -0.39 is 4.92 Å². The van der Waals surface area contributed by atoms with Crippen molar-refractivity contribution in [1.29, 1.82) is 0 Å². The van der Waals surface area contributed by atoms with Crippen LogP contribution in [0.15, 0.2) is 36.4 Å². The molecule has 0 aliphatic carbocycles. The Kier molecular flexibility index (Phi) is 6.12. The highest BCUT2D eigenvalue weighted by Crippen LogP contribution is 2.27. The third-order valence-corrected chi connectivity index (χ3v) is 4.48. The highest BCUT2D eigenvalue weighted by atomic mass is 35.5. The number of halogens is 1. The van der Waals surface area contributed by atoms with Crippen molar-refractivity contribution in [2.75, 3.05) is 11.9 Å². The third kappa shape index (κ3) is 4.78. The molecule has 0 heterocycles. The van der Waals surface area contributed by atoms with Gasteiger partial charge in [0.25, 0.3) is 11.6 Å². The monoisotopic (exact) mass is 362 g/mol. The lowest BCUT2D eigenvalue weighted by Crippen LogP contribution is -2.86. The number of quaternary nitrogens is 1. The lowest BCUT2D eigenvalue weighted by atomic mass is 10.1. The summed E-state index contributed by atoms with van der Waals surface area (Å²) in [6, 6.07) is 10.6. The van der Waals surface area contributed by atoms with Crippen LogP contribution >= 0.6 is 11.6 Å². The lowest BCUT2D eigenvalue weighted by molar-refractivity contribution is -0.682. The Morgan fingerprint density at radius 3 is 2.56 bits per heavy atom. The van der Waals surface area contributed by atoms with Crippen LogP contribution in [0.25, 0.3) is 0 Å². The molecule has 2 rings (SSSR count). The van der Waals surface area contributed by atoms with Crippen molar-refractivity contribution in [3.63, 3.8) is 0 Å². The molecule has 0 aromatic heterocycles. The number of aryl methyl sites for hydroxylation is 2. The summed E-state index contributed by atoms with van der Waals surface area (Å²) < 4.78 is 0. The molecule has 0 unspecified atom stereocenters. The van der Waals surface area contributed by atoms with E-state index in [4.69, 9.17) is 11.6 Å². The highest BCUT2D eigenvalue weighted by Gasteiger charge is 2.19. The summed E-state index contributed by atoms with van der Waals surface area (Å²) in [7, 11) is 0. The van der Waals surface area contributed by atoms with Crippen molar-refractivity contribution in [1.82, 2.24) is 0 Å². The number of carbonyl (C=O) groups excluding carboxylic acids is 1. The molecule has 0 bridgehead atoms. The van der Waals surface area contributed by atoms with Crippen LogP contribution in [0.5, 0.6) is 0 Å². The zero-order valence-electron chi connectivity index (χ0n) is 14.4. The third-order valence-electron chi connectivity index (χ3n) is 4.14. The van der Waals surface area contributed by atoms with Crippen molar-refractivity contribution in [2.24, 2.45) is 0 Å².